The Morgan fingerprint density at radius 3 is 2.34 bits per heavy atom. The molecule has 0 unspecified atom stereocenters. The molecule has 3 aromatic carbocycles. The smallest absolute Gasteiger partial charge is 0.253 e. The number of carbonyl (C=O) groups excluding carboxylic acids is 1. The third kappa shape index (κ3) is 6.69. The summed E-state index contributed by atoms with van der Waals surface area (Å²) in [5.74, 6) is -1.18. The summed E-state index contributed by atoms with van der Waals surface area (Å²) >= 11 is 12.7. The zero-order valence-electron chi connectivity index (χ0n) is 24.9. The molecule has 5 atom stereocenters. The molecule has 0 spiro atoms. The van der Waals surface area contributed by atoms with Gasteiger partial charge in [0.25, 0.3) is 5.91 Å². The van der Waals surface area contributed by atoms with Crippen molar-refractivity contribution in [1.82, 2.24) is 4.90 Å². The molecule has 2 aliphatic rings. The first kappa shape index (κ1) is 32.5. The topological polar surface area (TPSA) is 66.9 Å². The normalized spacial score (nSPS) is 22.3. The molecule has 234 valence electrons. The minimum absolute atomic E-state index is 0.0215. The van der Waals surface area contributed by atoms with Crippen LogP contribution in [0.25, 0.3) is 0 Å². The summed E-state index contributed by atoms with van der Waals surface area (Å²) in [6.07, 6.45) is 3.76. The average Bonchev–Trinajstić information content (AvgIpc) is 3.86. The highest BCUT2D eigenvalue weighted by molar-refractivity contribution is 7.93. The van der Waals surface area contributed by atoms with E-state index in [-0.39, 0.29) is 24.1 Å². The first-order chi connectivity index (χ1) is 21.1. The molecule has 1 aliphatic carbocycles. The van der Waals surface area contributed by atoms with Crippen LogP contribution in [-0.4, -0.2) is 43.2 Å². The van der Waals surface area contributed by atoms with Gasteiger partial charge in [-0.3, -0.25) is 9.10 Å². The maximum Gasteiger partial charge on any atom is 0.253 e. The van der Waals surface area contributed by atoms with Crippen molar-refractivity contribution in [3.8, 4) is 0 Å². The summed E-state index contributed by atoms with van der Waals surface area (Å²) in [5.41, 5.74) is 1.52. The van der Waals surface area contributed by atoms with Gasteiger partial charge in [0.1, 0.15) is 18.0 Å². The molecule has 44 heavy (non-hydrogen) atoms. The van der Waals surface area contributed by atoms with Gasteiger partial charge in [-0.15, -0.1) is 0 Å². The summed E-state index contributed by atoms with van der Waals surface area (Å²) < 4.78 is 50.7. The first-order valence-electron chi connectivity index (χ1n) is 14.9. The summed E-state index contributed by atoms with van der Waals surface area (Å²) in [6, 6.07) is 19.2. The van der Waals surface area contributed by atoms with Crippen molar-refractivity contribution in [3.63, 3.8) is 0 Å². The molecule has 10 heteroatoms. The van der Waals surface area contributed by atoms with Crippen LogP contribution in [0.15, 0.2) is 84.9 Å². The minimum Gasteiger partial charge on any atom is -0.357 e. The molecule has 0 bridgehead atoms. The van der Waals surface area contributed by atoms with Crippen LogP contribution in [0.4, 0.5) is 10.1 Å². The van der Waals surface area contributed by atoms with Gasteiger partial charge in [0.05, 0.1) is 29.6 Å². The first-order valence-corrected chi connectivity index (χ1v) is 17.2. The van der Waals surface area contributed by atoms with Gasteiger partial charge in [0.15, 0.2) is 0 Å². The van der Waals surface area contributed by atoms with E-state index in [1.807, 2.05) is 63.3 Å². The van der Waals surface area contributed by atoms with Crippen LogP contribution >= 0.6 is 23.2 Å². The Kier molecular flexibility index (Phi) is 10.0. The van der Waals surface area contributed by atoms with Gasteiger partial charge in [-0.05, 0) is 73.7 Å². The fourth-order valence-electron chi connectivity index (χ4n) is 5.96. The second-order valence-corrected chi connectivity index (χ2v) is 14.5. The van der Waals surface area contributed by atoms with E-state index < -0.39 is 45.4 Å². The molecule has 0 N–H and O–H groups in total. The van der Waals surface area contributed by atoms with Crippen molar-refractivity contribution in [2.24, 2.45) is 5.92 Å². The highest BCUT2D eigenvalue weighted by atomic mass is 35.5. The van der Waals surface area contributed by atoms with E-state index in [0.29, 0.717) is 29.3 Å². The van der Waals surface area contributed by atoms with E-state index in [9.17, 15) is 13.2 Å². The molecule has 2 fully saturated rings. The number of carbonyl (C=O) groups is 1. The number of amides is 1. The summed E-state index contributed by atoms with van der Waals surface area (Å²) in [4.78, 5) is 16.4. The van der Waals surface area contributed by atoms with E-state index in [1.165, 1.54) is 22.5 Å². The van der Waals surface area contributed by atoms with Gasteiger partial charge in [-0.2, -0.15) is 0 Å². The van der Waals surface area contributed by atoms with Crippen molar-refractivity contribution in [2.45, 2.75) is 69.6 Å². The molecule has 3 aromatic rings. The Bertz CT molecular complexity index is 1610. The Morgan fingerprint density at radius 2 is 1.73 bits per heavy atom. The second-order valence-electron chi connectivity index (χ2n) is 11.4. The van der Waals surface area contributed by atoms with Crippen LogP contribution in [-0.2, 0) is 19.6 Å². The molecule has 1 aliphatic heterocycles. The van der Waals surface area contributed by atoms with E-state index in [4.69, 9.17) is 27.9 Å². The zero-order chi connectivity index (χ0) is 31.6. The highest BCUT2D eigenvalue weighted by Gasteiger charge is 2.49. The van der Waals surface area contributed by atoms with E-state index in [2.05, 4.69) is 0 Å². The fraction of sp³-hybridized carbons (Fsp3) is 0.382. The van der Waals surface area contributed by atoms with E-state index in [1.54, 1.807) is 29.2 Å². The monoisotopic (exact) mass is 658 g/mol. The van der Waals surface area contributed by atoms with Gasteiger partial charge >= 0.3 is 0 Å². The number of rotatable bonds is 11. The maximum absolute atomic E-state index is 15.2. The summed E-state index contributed by atoms with van der Waals surface area (Å²) in [5, 5.41) is 0.486. The van der Waals surface area contributed by atoms with Crippen LogP contribution in [0.3, 0.4) is 0 Å². The molecule has 6 nitrogen and oxygen atoms in total. The Balaban J connectivity index is 1.67. The lowest BCUT2D eigenvalue weighted by Crippen LogP contribution is -2.59. The van der Waals surface area contributed by atoms with Crippen LogP contribution in [0.1, 0.15) is 63.3 Å². The van der Waals surface area contributed by atoms with Crippen molar-refractivity contribution in [2.75, 3.05) is 10.8 Å². The predicted octanol–water partition coefficient (Wildman–Crippen LogP) is 8.13. The largest absolute Gasteiger partial charge is 0.357 e. The van der Waals surface area contributed by atoms with Gasteiger partial charge in [0.2, 0.25) is 10.0 Å². The van der Waals surface area contributed by atoms with Crippen molar-refractivity contribution in [3.05, 3.63) is 112 Å². The van der Waals surface area contributed by atoms with Crippen molar-refractivity contribution >= 4 is 44.8 Å². The molecule has 1 saturated carbocycles. The standard InChI is InChI=1S/C34H37Cl2FN2O4S/c1-4-9-22(3)32-34(40)39(27(5-2)21-38(44(41,42)28-18-19-28)30-13-7-6-12-29(30)37)31(23-14-16-25(35)17-15-23)33(43-32)24-10-8-11-26(36)20-24/h4,6-17,20,22,27-28,31-33H,5,18-19,21H2,1-3H3/b9-4+/t22-,27-,31+,32-,33+/m0/s1. The zero-order valence-corrected chi connectivity index (χ0v) is 27.3. The molecule has 0 aromatic heterocycles. The summed E-state index contributed by atoms with van der Waals surface area (Å²) in [6.45, 7) is 5.60. The number of hydrogen-bond acceptors (Lipinski definition) is 4. The van der Waals surface area contributed by atoms with Crippen LogP contribution in [0.2, 0.25) is 10.0 Å². The lowest BCUT2D eigenvalue weighted by Gasteiger charge is -2.49. The van der Waals surface area contributed by atoms with E-state index >= 15 is 4.39 Å². The lowest BCUT2D eigenvalue weighted by atomic mass is 9.88. The van der Waals surface area contributed by atoms with Gasteiger partial charge in [0, 0.05) is 16.0 Å². The SMILES string of the molecule is C/C=C/[C@H](C)[C@@H]1O[C@H](c2cccc(Cl)c2)[C@@H](c2ccc(Cl)cc2)N([C@@H](CC)CN(c2ccccc2F)S(=O)(=O)C2CC2)C1=O. The number of hydrogen-bond donors (Lipinski definition) is 0. The molecular formula is C34H37Cl2FN2O4S. The fourth-order valence-corrected chi connectivity index (χ4v) is 8.18. The minimum atomic E-state index is -3.88. The van der Waals surface area contributed by atoms with Gasteiger partial charge < -0.3 is 9.64 Å². The van der Waals surface area contributed by atoms with Crippen LogP contribution < -0.4 is 4.31 Å². The summed E-state index contributed by atoms with van der Waals surface area (Å²) in [7, 11) is -3.88. The average molecular weight is 660 g/mol. The van der Waals surface area contributed by atoms with Crippen molar-refractivity contribution in [1.29, 1.82) is 0 Å². The van der Waals surface area contributed by atoms with E-state index in [0.717, 1.165) is 11.1 Å². The number of anilines is 1. The molecule has 1 amide bonds. The van der Waals surface area contributed by atoms with Crippen LogP contribution in [0, 0.1) is 11.7 Å². The van der Waals surface area contributed by atoms with Gasteiger partial charge in [-0.1, -0.05) is 85.6 Å². The number of sulfonamides is 1. The van der Waals surface area contributed by atoms with Crippen LogP contribution in [0.5, 0.6) is 0 Å². The number of benzene rings is 3. The maximum atomic E-state index is 15.2. The third-order valence-corrected chi connectivity index (χ3v) is 11.1. The number of halogens is 3. The number of allylic oxidation sites excluding steroid dienone is 1. The number of nitrogens with zero attached hydrogens (tertiary/aromatic N) is 2. The molecule has 1 saturated heterocycles. The number of para-hydroxylation sites is 1. The molecule has 1 heterocycles. The molecule has 5 rings (SSSR count). The Hall–Kier alpha value is -2.91. The Morgan fingerprint density at radius 1 is 1.02 bits per heavy atom. The highest BCUT2D eigenvalue weighted by Crippen LogP contribution is 2.46. The quantitative estimate of drug-likeness (QED) is 0.195. The Labute approximate surface area is 269 Å². The predicted molar refractivity (Wildman–Crippen MR) is 174 cm³/mol. The number of morpholine rings is 1. The lowest BCUT2D eigenvalue weighted by molar-refractivity contribution is -0.183. The molecular weight excluding hydrogens is 622 g/mol. The second kappa shape index (κ2) is 13.6. The van der Waals surface area contributed by atoms with Crippen molar-refractivity contribution < 1.29 is 22.3 Å². The van der Waals surface area contributed by atoms with Gasteiger partial charge in [-0.25, -0.2) is 12.8 Å². The third-order valence-electron chi connectivity index (χ3n) is 8.35. The number of ether oxygens (including phenoxy) is 1. The molecule has 0 radical (unpaired) electrons.